The van der Waals surface area contributed by atoms with E-state index in [0.29, 0.717) is 17.2 Å². The minimum atomic E-state index is -0.158. The Hall–Kier alpha value is -3.31. The van der Waals surface area contributed by atoms with E-state index in [-0.39, 0.29) is 18.6 Å². The fraction of sp³-hybridized carbons (Fsp3) is 0.174. The molecule has 0 bridgehead atoms. The Labute approximate surface area is 165 Å². The van der Waals surface area contributed by atoms with E-state index in [9.17, 15) is 4.79 Å². The van der Waals surface area contributed by atoms with Crippen LogP contribution in [0.3, 0.4) is 0 Å². The lowest BCUT2D eigenvalue weighted by atomic mass is 10.1. The SMILES string of the molecule is COC(C)c1cccc(NCC(=O)Nc2ccccc2Oc2ccccc2)c1. The number of rotatable bonds is 8. The Morgan fingerprint density at radius 2 is 1.71 bits per heavy atom. The predicted octanol–water partition coefficient (Wildman–Crippen LogP) is 5.24. The Balaban J connectivity index is 1.61. The molecule has 0 spiro atoms. The molecular weight excluding hydrogens is 352 g/mol. The van der Waals surface area contributed by atoms with Gasteiger partial charge in [0.2, 0.25) is 5.91 Å². The minimum absolute atomic E-state index is 0.00223. The molecule has 0 aliphatic carbocycles. The first-order chi connectivity index (χ1) is 13.7. The molecule has 5 nitrogen and oxygen atoms in total. The number of hydrogen-bond donors (Lipinski definition) is 2. The molecule has 0 aliphatic rings. The van der Waals surface area contributed by atoms with Crippen LogP contribution in [0.5, 0.6) is 11.5 Å². The zero-order chi connectivity index (χ0) is 19.8. The topological polar surface area (TPSA) is 59.6 Å². The molecule has 1 amide bonds. The molecule has 2 N–H and O–H groups in total. The molecule has 3 rings (SSSR count). The van der Waals surface area contributed by atoms with Crippen molar-refractivity contribution < 1.29 is 14.3 Å². The van der Waals surface area contributed by atoms with Crippen LogP contribution in [0.1, 0.15) is 18.6 Å². The summed E-state index contributed by atoms with van der Waals surface area (Å²) in [6.45, 7) is 2.12. The van der Waals surface area contributed by atoms with Gasteiger partial charge in [-0.05, 0) is 48.9 Å². The molecule has 0 saturated carbocycles. The van der Waals surface area contributed by atoms with Crippen molar-refractivity contribution in [2.75, 3.05) is 24.3 Å². The molecule has 28 heavy (non-hydrogen) atoms. The molecule has 0 fully saturated rings. The average Bonchev–Trinajstić information content (AvgIpc) is 2.74. The van der Waals surface area contributed by atoms with Crippen LogP contribution in [0.15, 0.2) is 78.9 Å². The molecule has 0 heterocycles. The van der Waals surface area contributed by atoms with E-state index in [1.165, 1.54) is 0 Å². The van der Waals surface area contributed by atoms with Gasteiger partial charge >= 0.3 is 0 Å². The summed E-state index contributed by atoms with van der Waals surface area (Å²) >= 11 is 0. The molecule has 0 aliphatic heterocycles. The van der Waals surface area contributed by atoms with Crippen molar-refractivity contribution >= 4 is 17.3 Å². The van der Waals surface area contributed by atoms with Crippen LogP contribution in [0.2, 0.25) is 0 Å². The summed E-state index contributed by atoms with van der Waals surface area (Å²) in [5.74, 6) is 1.15. The second-order valence-corrected chi connectivity index (χ2v) is 6.32. The third kappa shape index (κ3) is 5.34. The van der Waals surface area contributed by atoms with Crippen molar-refractivity contribution in [3.8, 4) is 11.5 Å². The Morgan fingerprint density at radius 3 is 2.50 bits per heavy atom. The Kier molecular flexibility index (Phi) is 6.65. The van der Waals surface area contributed by atoms with Crippen molar-refractivity contribution in [3.63, 3.8) is 0 Å². The van der Waals surface area contributed by atoms with Crippen LogP contribution in [0.25, 0.3) is 0 Å². The van der Waals surface area contributed by atoms with Gasteiger partial charge in [0.15, 0.2) is 5.75 Å². The highest BCUT2D eigenvalue weighted by atomic mass is 16.5. The number of ether oxygens (including phenoxy) is 2. The van der Waals surface area contributed by atoms with Gasteiger partial charge in [0.25, 0.3) is 0 Å². The van der Waals surface area contributed by atoms with Crippen LogP contribution in [0, 0.1) is 0 Å². The van der Waals surface area contributed by atoms with Crippen molar-refractivity contribution in [1.29, 1.82) is 0 Å². The first kappa shape index (κ1) is 19.5. The van der Waals surface area contributed by atoms with Gasteiger partial charge < -0.3 is 20.1 Å². The van der Waals surface area contributed by atoms with E-state index in [2.05, 4.69) is 10.6 Å². The molecule has 0 aromatic heterocycles. The molecule has 0 radical (unpaired) electrons. The standard InChI is InChI=1S/C23H24N2O3/c1-17(27-2)18-9-8-10-19(15-18)24-16-23(26)25-21-13-6-7-14-22(21)28-20-11-4-3-5-12-20/h3-15,17,24H,16H2,1-2H3,(H,25,26). The summed E-state index contributed by atoms with van der Waals surface area (Å²) < 4.78 is 11.2. The lowest BCUT2D eigenvalue weighted by Gasteiger charge is -2.14. The van der Waals surface area contributed by atoms with E-state index >= 15 is 0 Å². The number of carbonyl (C=O) groups excluding carboxylic acids is 1. The van der Waals surface area contributed by atoms with E-state index in [0.717, 1.165) is 11.3 Å². The number of hydrogen-bond acceptors (Lipinski definition) is 4. The Morgan fingerprint density at radius 1 is 0.964 bits per heavy atom. The van der Waals surface area contributed by atoms with Crippen LogP contribution < -0.4 is 15.4 Å². The van der Waals surface area contributed by atoms with Gasteiger partial charge in [0.05, 0.1) is 18.3 Å². The monoisotopic (exact) mass is 376 g/mol. The fourth-order valence-electron chi connectivity index (χ4n) is 2.69. The molecule has 0 saturated heterocycles. The third-order valence-electron chi connectivity index (χ3n) is 4.29. The third-order valence-corrected chi connectivity index (χ3v) is 4.29. The maximum atomic E-state index is 12.4. The number of carbonyl (C=O) groups is 1. The molecule has 1 unspecified atom stereocenters. The lowest BCUT2D eigenvalue weighted by Crippen LogP contribution is -2.22. The maximum absolute atomic E-state index is 12.4. The smallest absolute Gasteiger partial charge is 0.243 e. The fourth-order valence-corrected chi connectivity index (χ4v) is 2.69. The number of para-hydroxylation sites is 3. The summed E-state index contributed by atoms with van der Waals surface area (Å²) in [4.78, 5) is 12.4. The highest BCUT2D eigenvalue weighted by molar-refractivity contribution is 5.95. The van der Waals surface area contributed by atoms with E-state index in [1.807, 2.05) is 85.8 Å². The van der Waals surface area contributed by atoms with Crippen molar-refractivity contribution in [3.05, 3.63) is 84.4 Å². The van der Waals surface area contributed by atoms with Crippen molar-refractivity contribution in [2.45, 2.75) is 13.0 Å². The first-order valence-corrected chi connectivity index (χ1v) is 9.14. The summed E-state index contributed by atoms with van der Waals surface area (Å²) in [7, 11) is 1.67. The van der Waals surface area contributed by atoms with E-state index in [4.69, 9.17) is 9.47 Å². The number of benzene rings is 3. The van der Waals surface area contributed by atoms with Gasteiger partial charge in [-0.3, -0.25) is 4.79 Å². The Bertz CT molecular complexity index is 912. The first-order valence-electron chi connectivity index (χ1n) is 9.14. The lowest BCUT2D eigenvalue weighted by molar-refractivity contribution is -0.114. The van der Waals surface area contributed by atoms with Gasteiger partial charge in [-0.2, -0.15) is 0 Å². The van der Waals surface area contributed by atoms with Gasteiger partial charge in [-0.25, -0.2) is 0 Å². The maximum Gasteiger partial charge on any atom is 0.243 e. The van der Waals surface area contributed by atoms with Crippen molar-refractivity contribution in [2.24, 2.45) is 0 Å². The normalized spacial score (nSPS) is 11.5. The average molecular weight is 376 g/mol. The molecule has 3 aromatic carbocycles. The highest BCUT2D eigenvalue weighted by Crippen LogP contribution is 2.29. The minimum Gasteiger partial charge on any atom is -0.455 e. The summed E-state index contributed by atoms with van der Waals surface area (Å²) in [5, 5.41) is 6.04. The quantitative estimate of drug-likeness (QED) is 0.565. The summed E-state index contributed by atoms with van der Waals surface area (Å²) in [6, 6.07) is 24.7. The van der Waals surface area contributed by atoms with Gasteiger partial charge in [-0.1, -0.05) is 42.5 Å². The van der Waals surface area contributed by atoms with Crippen LogP contribution >= 0.6 is 0 Å². The van der Waals surface area contributed by atoms with Gasteiger partial charge in [0.1, 0.15) is 5.75 Å². The number of methoxy groups -OCH3 is 1. The largest absolute Gasteiger partial charge is 0.455 e. The molecule has 144 valence electrons. The molecule has 1 atom stereocenters. The number of amides is 1. The second kappa shape index (κ2) is 9.58. The van der Waals surface area contributed by atoms with E-state index < -0.39 is 0 Å². The molecule has 3 aromatic rings. The highest BCUT2D eigenvalue weighted by Gasteiger charge is 2.09. The zero-order valence-electron chi connectivity index (χ0n) is 16.0. The van der Waals surface area contributed by atoms with Gasteiger partial charge in [-0.15, -0.1) is 0 Å². The van der Waals surface area contributed by atoms with Crippen LogP contribution in [-0.2, 0) is 9.53 Å². The van der Waals surface area contributed by atoms with Crippen LogP contribution in [0.4, 0.5) is 11.4 Å². The molecule has 5 heteroatoms. The number of nitrogens with one attached hydrogen (secondary N) is 2. The second-order valence-electron chi connectivity index (χ2n) is 6.32. The van der Waals surface area contributed by atoms with Crippen molar-refractivity contribution in [1.82, 2.24) is 0 Å². The predicted molar refractivity (Wildman–Crippen MR) is 112 cm³/mol. The summed E-state index contributed by atoms with van der Waals surface area (Å²) in [6.07, 6.45) is -0.00223. The molecular formula is C23H24N2O3. The zero-order valence-corrected chi connectivity index (χ0v) is 16.0. The summed E-state index contributed by atoms with van der Waals surface area (Å²) in [5.41, 5.74) is 2.54. The van der Waals surface area contributed by atoms with Crippen LogP contribution in [-0.4, -0.2) is 19.6 Å². The number of anilines is 2. The van der Waals surface area contributed by atoms with E-state index in [1.54, 1.807) is 7.11 Å². The van der Waals surface area contributed by atoms with Gasteiger partial charge in [0, 0.05) is 12.8 Å².